The fourth-order valence-electron chi connectivity index (χ4n) is 2.12. The zero-order valence-electron chi connectivity index (χ0n) is 10.2. The van der Waals surface area contributed by atoms with E-state index >= 15 is 0 Å². The summed E-state index contributed by atoms with van der Waals surface area (Å²) in [6.45, 7) is 6.59. The van der Waals surface area contributed by atoms with Crippen LogP contribution >= 0.6 is 0 Å². The van der Waals surface area contributed by atoms with E-state index in [1.165, 1.54) is 11.1 Å². The molecule has 17 heavy (non-hydrogen) atoms. The summed E-state index contributed by atoms with van der Waals surface area (Å²) in [7, 11) is 0. The van der Waals surface area contributed by atoms with Crippen LogP contribution in [0, 0.1) is 0 Å². The molecule has 1 heterocycles. The van der Waals surface area contributed by atoms with Gasteiger partial charge in [0.15, 0.2) is 0 Å². The summed E-state index contributed by atoms with van der Waals surface area (Å²) in [5.41, 5.74) is 11.5. The van der Waals surface area contributed by atoms with Crippen LogP contribution in [0.5, 0.6) is 0 Å². The van der Waals surface area contributed by atoms with Crippen LogP contribution in [0.1, 0.15) is 12.5 Å². The van der Waals surface area contributed by atoms with Crippen molar-refractivity contribution in [2.75, 3.05) is 6.54 Å². The van der Waals surface area contributed by atoms with Crippen molar-refractivity contribution in [1.82, 2.24) is 5.32 Å². The number of hydrogen-bond acceptors (Lipinski definition) is 2. The first-order valence-electron chi connectivity index (χ1n) is 5.81. The Morgan fingerprint density at radius 2 is 1.94 bits per heavy atom. The van der Waals surface area contributed by atoms with Crippen molar-refractivity contribution in [2.45, 2.75) is 13.3 Å². The smallest absolute Gasteiger partial charge is 0.0357 e. The van der Waals surface area contributed by atoms with Crippen LogP contribution in [0.25, 0.3) is 0 Å². The van der Waals surface area contributed by atoms with Gasteiger partial charge in [-0.05, 0) is 36.1 Å². The second-order valence-corrected chi connectivity index (χ2v) is 4.30. The molecule has 0 fully saturated rings. The largest absolute Gasteiger partial charge is 0.359 e. The van der Waals surface area contributed by atoms with Crippen molar-refractivity contribution in [3.63, 3.8) is 0 Å². The Bertz CT molecular complexity index is 481. The van der Waals surface area contributed by atoms with Gasteiger partial charge in [-0.3, -0.25) is 0 Å². The molecule has 2 heteroatoms. The molecule has 0 bridgehead atoms. The molecule has 0 saturated carbocycles. The maximum atomic E-state index is 5.80. The van der Waals surface area contributed by atoms with Crippen LogP contribution in [-0.4, -0.2) is 6.54 Å². The second-order valence-electron chi connectivity index (χ2n) is 4.30. The summed E-state index contributed by atoms with van der Waals surface area (Å²) >= 11 is 0. The van der Waals surface area contributed by atoms with Gasteiger partial charge >= 0.3 is 0 Å². The molecule has 1 aromatic rings. The van der Waals surface area contributed by atoms with Crippen molar-refractivity contribution < 1.29 is 0 Å². The van der Waals surface area contributed by atoms with Gasteiger partial charge in [0.05, 0.1) is 0 Å². The van der Waals surface area contributed by atoms with Crippen molar-refractivity contribution in [2.24, 2.45) is 5.73 Å². The van der Waals surface area contributed by atoms with Gasteiger partial charge in [0.25, 0.3) is 0 Å². The molecule has 0 radical (unpaired) electrons. The van der Waals surface area contributed by atoms with E-state index in [1.54, 1.807) is 0 Å². The zero-order valence-corrected chi connectivity index (χ0v) is 10.2. The average molecular weight is 226 g/mol. The Labute approximate surface area is 103 Å². The van der Waals surface area contributed by atoms with Crippen LogP contribution in [0.15, 0.2) is 65.5 Å². The number of nitrogens with two attached hydrogens (primary N) is 1. The minimum absolute atomic E-state index is 0.526. The second kappa shape index (κ2) is 5.02. The first-order chi connectivity index (χ1) is 8.20. The lowest BCUT2D eigenvalue weighted by molar-refractivity contribution is 0.906. The summed E-state index contributed by atoms with van der Waals surface area (Å²) in [4.78, 5) is 0. The highest BCUT2D eigenvalue weighted by Gasteiger charge is 2.13. The third kappa shape index (κ3) is 2.66. The summed E-state index contributed by atoms with van der Waals surface area (Å²) in [5.74, 6) is 0. The fraction of sp³-hybridized carbons (Fsp3) is 0.200. The predicted molar refractivity (Wildman–Crippen MR) is 72.3 cm³/mol. The molecule has 1 aliphatic heterocycles. The average Bonchev–Trinajstić information content (AvgIpc) is 2.30. The van der Waals surface area contributed by atoms with Gasteiger partial charge < -0.3 is 11.1 Å². The van der Waals surface area contributed by atoms with Gasteiger partial charge in [-0.15, -0.1) is 0 Å². The van der Waals surface area contributed by atoms with Gasteiger partial charge in [-0.25, -0.2) is 0 Å². The fourth-order valence-corrected chi connectivity index (χ4v) is 2.12. The summed E-state index contributed by atoms with van der Waals surface area (Å²) in [5, 5.41) is 3.22. The van der Waals surface area contributed by atoms with Gasteiger partial charge in [0, 0.05) is 17.9 Å². The van der Waals surface area contributed by atoms with E-state index in [1.807, 2.05) is 13.0 Å². The summed E-state index contributed by atoms with van der Waals surface area (Å²) in [6.07, 6.45) is 3.06. The number of benzene rings is 1. The first-order valence-corrected chi connectivity index (χ1v) is 5.81. The van der Waals surface area contributed by atoms with Crippen molar-refractivity contribution in [3.05, 3.63) is 71.1 Å². The molecule has 0 aromatic heterocycles. The molecule has 0 unspecified atom stereocenters. The molecule has 2 rings (SSSR count). The maximum absolute atomic E-state index is 5.80. The Morgan fingerprint density at radius 3 is 2.59 bits per heavy atom. The zero-order chi connectivity index (χ0) is 12.3. The predicted octanol–water partition coefficient (Wildman–Crippen LogP) is 2.51. The minimum Gasteiger partial charge on any atom is -0.359 e. The van der Waals surface area contributed by atoms with Crippen LogP contribution in [0.4, 0.5) is 0 Å². The Kier molecular flexibility index (Phi) is 3.45. The van der Waals surface area contributed by atoms with Crippen molar-refractivity contribution in [1.29, 1.82) is 0 Å². The highest BCUT2D eigenvalue weighted by Crippen LogP contribution is 2.22. The van der Waals surface area contributed by atoms with Crippen LogP contribution in [-0.2, 0) is 6.42 Å². The monoisotopic (exact) mass is 226 g/mol. The van der Waals surface area contributed by atoms with Crippen LogP contribution < -0.4 is 11.1 Å². The van der Waals surface area contributed by atoms with Crippen LogP contribution in [0.3, 0.4) is 0 Å². The first kappa shape index (κ1) is 11.7. The summed E-state index contributed by atoms with van der Waals surface area (Å²) < 4.78 is 0. The van der Waals surface area contributed by atoms with E-state index in [0.717, 1.165) is 23.4 Å². The molecule has 0 atom stereocenters. The molecule has 88 valence electrons. The normalized spacial score (nSPS) is 15.6. The van der Waals surface area contributed by atoms with Crippen molar-refractivity contribution >= 4 is 0 Å². The Hall–Kier alpha value is -1.80. The number of nitrogens with one attached hydrogen (secondary N) is 1. The lowest BCUT2D eigenvalue weighted by Crippen LogP contribution is -2.22. The number of hydrogen-bond donors (Lipinski definition) is 2. The highest BCUT2D eigenvalue weighted by molar-refractivity contribution is 5.47. The molecule has 0 spiro atoms. The van der Waals surface area contributed by atoms with E-state index in [4.69, 9.17) is 5.73 Å². The molecule has 0 amide bonds. The lowest BCUT2D eigenvalue weighted by Gasteiger charge is -2.22. The summed E-state index contributed by atoms with van der Waals surface area (Å²) in [6, 6.07) is 10.4. The molecule has 0 saturated heterocycles. The Morgan fingerprint density at radius 1 is 1.24 bits per heavy atom. The van der Waals surface area contributed by atoms with Gasteiger partial charge in [-0.2, -0.15) is 0 Å². The van der Waals surface area contributed by atoms with E-state index < -0.39 is 0 Å². The molecule has 3 N–H and O–H groups in total. The Balaban J connectivity index is 2.32. The van der Waals surface area contributed by atoms with Gasteiger partial charge in [0.2, 0.25) is 0 Å². The number of allylic oxidation sites excluding steroid dienone is 3. The lowest BCUT2D eigenvalue weighted by atomic mass is 9.95. The third-order valence-corrected chi connectivity index (χ3v) is 2.93. The molecule has 2 nitrogen and oxygen atoms in total. The SMILES string of the molecule is C=C1NC(C)=CC(Cc2ccccc2)=C1CN. The van der Waals surface area contributed by atoms with Crippen molar-refractivity contribution in [3.8, 4) is 0 Å². The quantitative estimate of drug-likeness (QED) is 0.831. The molecular weight excluding hydrogens is 208 g/mol. The maximum Gasteiger partial charge on any atom is 0.0357 e. The molecular formula is C15H18N2. The van der Waals surface area contributed by atoms with E-state index in [0.29, 0.717) is 6.54 Å². The van der Waals surface area contributed by atoms with Gasteiger partial charge in [0.1, 0.15) is 0 Å². The minimum atomic E-state index is 0.526. The molecule has 1 aliphatic rings. The number of dihydropyridines is 1. The topological polar surface area (TPSA) is 38.0 Å². The standard InChI is InChI=1S/C15H18N2/c1-11-8-14(15(10-16)12(2)17-11)9-13-6-4-3-5-7-13/h3-8,17H,2,9-10,16H2,1H3. The third-order valence-electron chi connectivity index (χ3n) is 2.93. The van der Waals surface area contributed by atoms with E-state index in [2.05, 4.69) is 42.2 Å². The number of rotatable bonds is 3. The van der Waals surface area contributed by atoms with Crippen LogP contribution in [0.2, 0.25) is 0 Å². The molecule has 1 aromatic carbocycles. The van der Waals surface area contributed by atoms with Gasteiger partial charge in [-0.1, -0.05) is 36.9 Å². The molecule has 0 aliphatic carbocycles. The van der Waals surface area contributed by atoms with E-state index in [9.17, 15) is 0 Å². The van der Waals surface area contributed by atoms with E-state index in [-0.39, 0.29) is 0 Å². The highest BCUT2D eigenvalue weighted by atomic mass is 14.9.